The molecule has 1 heterocycles. The number of benzene rings is 1. The van der Waals surface area contributed by atoms with E-state index in [9.17, 15) is 13.2 Å². The molecular weight excluding hydrogens is 300 g/mol. The van der Waals surface area contributed by atoms with Gasteiger partial charge in [-0.15, -0.1) is 4.40 Å². The summed E-state index contributed by atoms with van der Waals surface area (Å²) in [6, 6.07) is 6.50. The van der Waals surface area contributed by atoms with Crippen LogP contribution in [0.25, 0.3) is 0 Å². The van der Waals surface area contributed by atoms with E-state index < -0.39 is 21.2 Å². The molecule has 6 nitrogen and oxygen atoms in total. The van der Waals surface area contributed by atoms with Crippen molar-refractivity contribution in [3.8, 4) is 0 Å². The maximum Gasteiger partial charge on any atom is 0.319 e. The van der Waals surface area contributed by atoms with Gasteiger partial charge in [0.25, 0.3) is 10.0 Å². The van der Waals surface area contributed by atoms with Crippen LogP contribution < -0.4 is 5.32 Å². The number of esters is 1. The van der Waals surface area contributed by atoms with Gasteiger partial charge in [0.05, 0.1) is 12.8 Å². The molecule has 0 unspecified atom stereocenters. The molecule has 1 N–H and O–H groups in total. The first-order chi connectivity index (χ1) is 9.47. The molecule has 1 aliphatic heterocycles. The van der Waals surface area contributed by atoms with E-state index in [0.717, 1.165) is 11.8 Å². The summed E-state index contributed by atoms with van der Waals surface area (Å²) in [5.41, 5.74) is 0.463. The van der Waals surface area contributed by atoms with Crippen molar-refractivity contribution >= 4 is 38.6 Å². The molecule has 0 saturated carbocycles. The van der Waals surface area contributed by atoms with E-state index in [2.05, 4.69) is 14.5 Å². The van der Waals surface area contributed by atoms with Gasteiger partial charge in [-0.25, -0.2) is 0 Å². The first-order valence-corrected chi connectivity index (χ1v) is 8.25. The van der Waals surface area contributed by atoms with Crippen molar-refractivity contribution in [3.63, 3.8) is 0 Å². The number of thioether (sulfide) groups is 1. The highest BCUT2D eigenvalue weighted by atomic mass is 32.2. The number of hydrogen-bond donors (Lipinski definition) is 1. The number of fused-ring (bicyclic) bond motifs is 1. The molecule has 0 aliphatic carbocycles. The predicted octanol–water partition coefficient (Wildman–Crippen LogP) is 1.84. The zero-order valence-electron chi connectivity index (χ0n) is 11.0. The fraction of sp³-hybridized carbons (Fsp3) is 0.333. The normalized spacial score (nSPS) is 17.4. The van der Waals surface area contributed by atoms with Crippen LogP contribution in [0.1, 0.15) is 13.3 Å². The lowest BCUT2D eigenvalue weighted by atomic mass is 10.3. The number of ether oxygens (including phenoxy) is 1. The van der Waals surface area contributed by atoms with Crippen LogP contribution in [0.15, 0.2) is 33.6 Å². The lowest BCUT2D eigenvalue weighted by Gasteiger charge is -2.19. The molecule has 8 heteroatoms. The van der Waals surface area contributed by atoms with Crippen LogP contribution in [0.4, 0.5) is 5.69 Å². The van der Waals surface area contributed by atoms with Gasteiger partial charge in [0.15, 0.2) is 5.17 Å². The molecule has 20 heavy (non-hydrogen) atoms. The monoisotopic (exact) mass is 314 g/mol. The minimum absolute atomic E-state index is 0.135. The molecule has 0 spiro atoms. The van der Waals surface area contributed by atoms with Gasteiger partial charge in [-0.1, -0.05) is 30.8 Å². The lowest BCUT2D eigenvalue weighted by Crippen LogP contribution is -2.25. The van der Waals surface area contributed by atoms with E-state index in [1.54, 1.807) is 18.2 Å². The number of rotatable bonds is 3. The summed E-state index contributed by atoms with van der Waals surface area (Å²) >= 11 is 1.05. The van der Waals surface area contributed by atoms with E-state index in [-0.39, 0.29) is 10.1 Å². The van der Waals surface area contributed by atoms with Gasteiger partial charge in [0, 0.05) is 0 Å². The van der Waals surface area contributed by atoms with Crippen molar-refractivity contribution in [2.75, 3.05) is 12.4 Å². The number of methoxy groups -OCH3 is 1. The predicted molar refractivity (Wildman–Crippen MR) is 78.4 cm³/mol. The maximum absolute atomic E-state index is 12.0. The van der Waals surface area contributed by atoms with Gasteiger partial charge in [-0.05, 0) is 18.6 Å². The van der Waals surface area contributed by atoms with Gasteiger partial charge < -0.3 is 10.1 Å². The van der Waals surface area contributed by atoms with Crippen LogP contribution in [-0.4, -0.2) is 31.9 Å². The van der Waals surface area contributed by atoms with Crippen LogP contribution >= 0.6 is 11.8 Å². The van der Waals surface area contributed by atoms with Gasteiger partial charge in [-0.3, -0.25) is 4.79 Å². The summed E-state index contributed by atoms with van der Waals surface area (Å²) in [4.78, 5) is 11.7. The van der Waals surface area contributed by atoms with Crippen molar-refractivity contribution < 1.29 is 17.9 Å². The zero-order chi connectivity index (χ0) is 14.8. The fourth-order valence-corrected chi connectivity index (χ4v) is 3.98. The number of hydrogen-bond acceptors (Lipinski definition) is 6. The summed E-state index contributed by atoms with van der Waals surface area (Å²) in [5.74, 6) is -0.404. The summed E-state index contributed by atoms with van der Waals surface area (Å²) < 4.78 is 32.4. The second-order valence-corrected chi connectivity index (χ2v) is 6.79. The third-order valence-electron chi connectivity index (χ3n) is 2.70. The second-order valence-electron chi connectivity index (χ2n) is 4.03. The molecule has 108 valence electrons. The third kappa shape index (κ3) is 2.96. The van der Waals surface area contributed by atoms with Gasteiger partial charge in [0.2, 0.25) is 0 Å². The van der Waals surface area contributed by atoms with Crippen molar-refractivity contribution in [2.24, 2.45) is 4.40 Å². The summed E-state index contributed by atoms with van der Waals surface area (Å²) in [5, 5.41) is 2.61. The molecule has 0 aromatic heterocycles. The molecule has 0 saturated heterocycles. The Labute approximate surface area is 121 Å². The Bertz CT molecular complexity index is 655. The smallest absolute Gasteiger partial charge is 0.319 e. The van der Waals surface area contributed by atoms with E-state index in [1.165, 1.54) is 13.2 Å². The van der Waals surface area contributed by atoms with Gasteiger partial charge in [-0.2, -0.15) is 8.42 Å². The average molecular weight is 314 g/mol. The number of para-hydroxylation sites is 1. The first-order valence-electron chi connectivity index (χ1n) is 5.93. The molecule has 2 rings (SSSR count). The van der Waals surface area contributed by atoms with Gasteiger partial charge in [0.1, 0.15) is 10.1 Å². The number of anilines is 1. The standard InChI is InChI=1S/C12H14N2O4S2/c1-3-9(11(15)18-2)19-12-13-8-6-4-5-7-10(8)20(16,17)14-12/h4-7,9H,3H2,1-2H3,(H,13,14)/t9-/m1/s1. The Morgan fingerprint density at radius 3 is 2.80 bits per heavy atom. The Hall–Kier alpha value is -1.54. The molecule has 0 bridgehead atoms. The summed E-state index contributed by atoms with van der Waals surface area (Å²) in [6.07, 6.45) is 0.514. The molecule has 0 fully saturated rings. The Balaban J connectivity index is 2.28. The molecule has 0 radical (unpaired) electrons. The molecule has 1 atom stereocenters. The van der Waals surface area contributed by atoms with Crippen molar-refractivity contribution in [1.29, 1.82) is 0 Å². The number of carbonyl (C=O) groups excluding carboxylic acids is 1. The van der Waals surface area contributed by atoms with Crippen molar-refractivity contribution in [3.05, 3.63) is 24.3 Å². The quantitative estimate of drug-likeness (QED) is 0.857. The highest BCUT2D eigenvalue weighted by Crippen LogP contribution is 2.30. The highest BCUT2D eigenvalue weighted by Gasteiger charge is 2.28. The zero-order valence-corrected chi connectivity index (χ0v) is 12.6. The molecule has 1 aromatic rings. The van der Waals surface area contributed by atoms with Crippen LogP contribution in [0.3, 0.4) is 0 Å². The Kier molecular flexibility index (Phi) is 4.34. The van der Waals surface area contributed by atoms with Gasteiger partial charge >= 0.3 is 5.97 Å². The summed E-state index contributed by atoms with van der Waals surface area (Å²) in [6.45, 7) is 1.82. The third-order valence-corrected chi connectivity index (χ3v) is 5.38. The average Bonchev–Trinajstić information content (AvgIpc) is 2.43. The molecule has 0 amide bonds. The second kappa shape index (κ2) is 5.84. The number of nitrogens with zero attached hydrogens (tertiary/aromatic N) is 1. The fourth-order valence-electron chi connectivity index (χ4n) is 1.71. The minimum atomic E-state index is -3.72. The number of nitrogens with one attached hydrogen (secondary N) is 1. The van der Waals surface area contributed by atoms with Crippen LogP contribution in [0, 0.1) is 0 Å². The number of carbonyl (C=O) groups is 1. The van der Waals surface area contributed by atoms with Crippen molar-refractivity contribution in [2.45, 2.75) is 23.5 Å². The largest absolute Gasteiger partial charge is 0.468 e. The van der Waals surface area contributed by atoms with E-state index >= 15 is 0 Å². The maximum atomic E-state index is 12.0. The molecular formula is C12H14N2O4S2. The highest BCUT2D eigenvalue weighted by molar-refractivity contribution is 8.15. The first kappa shape index (κ1) is 14.9. The van der Waals surface area contributed by atoms with E-state index in [4.69, 9.17) is 0 Å². The van der Waals surface area contributed by atoms with E-state index in [0.29, 0.717) is 12.1 Å². The van der Waals surface area contributed by atoms with Crippen molar-refractivity contribution in [1.82, 2.24) is 0 Å². The SMILES string of the molecule is CC[C@@H](SC1=NS(=O)(=O)c2ccccc2N1)C(=O)OC. The van der Waals surface area contributed by atoms with Crippen LogP contribution in [0.5, 0.6) is 0 Å². The molecule has 1 aliphatic rings. The summed E-state index contributed by atoms with van der Waals surface area (Å²) in [7, 11) is -2.43. The minimum Gasteiger partial charge on any atom is -0.468 e. The number of amidine groups is 1. The lowest BCUT2D eigenvalue weighted by molar-refractivity contribution is -0.139. The van der Waals surface area contributed by atoms with E-state index in [1.807, 2.05) is 6.92 Å². The Morgan fingerprint density at radius 1 is 1.45 bits per heavy atom. The molecule has 1 aromatic carbocycles. The Morgan fingerprint density at radius 2 is 2.15 bits per heavy atom. The topological polar surface area (TPSA) is 84.8 Å². The number of sulfonamides is 1. The van der Waals surface area contributed by atoms with Crippen LogP contribution in [0.2, 0.25) is 0 Å². The van der Waals surface area contributed by atoms with Crippen LogP contribution in [-0.2, 0) is 19.6 Å².